The number of nitrogens with zero attached hydrogens (tertiary/aromatic N) is 3. The molecule has 0 N–H and O–H groups in total. The Morgan fingerprint density at radius 2 is 2.00 bits per heavy atom. The minimum Gasteiger partial charge on any atom is -0.377 e. The van der Waals surface area contributed by atoms with Crippen LogP contribution in [0.4, 0.5) is 0 Å². The van der Waals surface area contributed by atoms with Crippen LogP contribution in [0.5, 0.6) is 0 Å². The first-order chi connectivity index (χ1) is 11.0. The maximum Gasteiger partial charge on any atom is 0.211 e. The third-order valence-corrected chi connectivity index (χ3v) is 5.52. The van der Waals surface area contributed by atoms with Crippen LogP contribution in [0.25, 0.3) is 0 Å². The molecule has 1 spiro atoms. The number of ether oxygens (including phenoxy) is 2. The summed E-state index contributed by atoms with van der Waals surface area (Å²) in [7, 11) is -3.22. The Bertz CT molecular complexity index is 625. The van der Waals surface area contributed by atoms with E-state index in [4.69, 9.17) is 9.47 Å². The van der Waals surface area contributed by atoms with Crippen molar-refractivity contribution in [2.24, 2.45) is 0 Å². The number of morpholine rings is 1. The molecule has 0 radical (unpaired) electrons. The first-order valence-corrected chi connectivity index (χ1v) is 9.60. The standard InChI is InChI=1S/C15H23N3O4S/c1-23(19,20)18-7-9-22-15(12-18)11-17(6-8-21-13-15)10-14-2-4-16-5-3-14/h2-5H,6-13H2,1H3/t15-/m0/s1. The van der Waals surface area contributed by atoms with Gasteiger partial charge in [-0.15, -0.1) is 0 Å². The van der Waals surface area contributed by atoms with E-state index < -0.39 is 15.6 Å². The molecule has 1 aromatic rings. The van der Waals surface area contributed by atoms with Gasteiger partial charge in [0.05, 0.1) is 26.1 Å². The van der Waals surface area contributed by atoms with Gasteiger partial charge in [0.15, 0.2) is 0 Å². The van der Waals surface area contributed by atoms with Crippen LogP contribution in [0, 0.1) is 0 Å². The number of pyridine rings is 1. The van der Waals surface area contributed by atoms with Gasteiger partial charge in [-0.1, -0.05) is 0 Å². The zero-order chi connectivity index (χ0) is 16.3. The van der Waals surface area contributed by atoms with Crippen LogP contribution in [-0.4, -0.2) is 80.5 Å². The van der Waals surface area contributed by atoms with E-state index in [9.17, 15) is 8.42 Å². The zero-order valence-corrected chi connectivity index (χ0v) is 14.2. The Balaban J connectivity index is 1.73. The van der Waals surface area contributed by atoms with Crippen LogP contribution in [0.15, 0.2) is 24.5 Å². The summed E-state index contributed by atoms with van der Waals surface area (Å²) >= 11 is 0. The van der Waals surface area contributed by atoms with E-state index in [0.29, 0.717) is 39.5 Å². The van der Waals surface area contributed by atoms with Gasteiger partial charge in [0.2, 0.25) is 10.0 Å². The molecule has 8 heteroatoms. The van der Waals surface area contributed by atoms with E-state index in [1.807, 2.05) is 12.1 Å². The highest BCUT2D eigenvalue weighted by Gasteiger charge is 2.42. The first-order valence-electron chi connectivity index (χ1n) is 7.75. The summed E-state index contributed by atoms with van der Waals surface area (Å²) < 4.78 is 37.0. The molecule has 2 aliphatic rings. The lowest BCUT2D eigenvalue weighted by atomic mass is 10.0. The van der Waals surface area contributed by atoms with Crippen molar-refractivity contribution in [3.63, 3.8) is 0 Å². The van der Waals surface area contributed by atoms with Crippen LogP contribution < -0.4 is 0 Å². The zero-order valence-electron chi connectivity index (χ0n) is 13.3. The van der Waals surface area contributed by atoms with Crippen molar-refractivity contribution in [1.82, 2.24) is 14.2 Å². The van der Waals surface area contributed by atoms with Crippen molar-refractivity contribution in [3.8, 4) is 0 Å². The molecule has 0 aliphatic carbocycles. The fourth-order valence-electron chi connectivity index (χ4n) is 3.14. The molecule has 128 valence electrons. The Kier molecular flexibility index (Phi) is 4.98. The maximum atomic E-state index is 11.9. The van der Waals surface area contributed by atoms with Crippen LogP contribution in [0.1, 0.15) is 5.56 Å². The highest BCUT2D eigenvalue weighted by molar-refractivity contribution is 7.88. The summed E-state index contributed by atoms with van der Waals surface area (Å²) in [5.41, 5.74) is 0.582. The average Bonchev–Trinajstić information content (AvgIpc) is 2.70. The number of sulfonamides is 1. The number of aromatic nitrogens is 1. The molecule has 3 rings (SSSR count). The molecule has 0 saturated carbocycles. The molecule has 7 nitrogen and oxygen atoms in total. The summed E-state index contributed by atoms with van der Waals surface area (Å²) in [4.78, 5) is 6.29. The lowest BCUT2D eigenvalue weighted by Gasteiger charge is -2.42. The predicted octanol–water partition coefficient (Wildman–Crippen LogP) is -0.0556. The van der Waals surface area contributed by atoms with Gasteiger partial charge in [0.1, 0.15) is 5.60 Å². The Morgan fingerprint density at radius 1 is 1.22 bits per heavy atom. The monoisotopic (exact) mass is 341 g/mol. The predicted molar refractivity (Wildman–Crippen MR) is 85.4 cm³/mol. The lowest BCUT2D eigenvalue weighted by molar-refractivity contribution is -0.126. The van der Waals surface area contributed by atoms with E-state index >= 15 is 0 Å². The van der Waals surface area contributed by atoms with Gasteiger partial charge in [-0.25, -0.2) is 8.42 Å². The Hall–Kier alpha value is -1.06. The summed E-state index contributed by atoms with van der Waals surface area (Å²) in [6, 6.07) is 3.98. The fourth-order valence-corrected chi connectivity index (χ4v) is 4.02. The van der Waals surface area contributed by atoms with Crippen molar-refractivity contribution in [3.05, 3.63) is 30.1 Å². The molecule has 0 amide bonds. The van der Waals surface area contributed by atoms with Crippen molar-refractivity contribution in [2.45, 2.75) is 12.1 Å². The maximum absolute atomic E-state index is 11.9. The van der Waals surface area contributed by atoms with Crippen LogP contribution in [0.3, 0.4) is 0 Å². The highest BCUT2D eigenvalue weighted by atomic mass is 32.2. The van der Waals surface area contributed by atoms with Crippen molar-refractivity contribution in [2.75, 3.05) is 52.3 Å². The Labute approximate surface area is 137 Å². The molecule has 2 saturated heterocycles. The van der Waals surface area contributed by atoms with E-state index in [1.165, 1.54) is 16.1 Å². The molecular formula is C15H23N3O4S. The minimum absolute atomic E-state index is 0.346. The lowest BCUT2D eigenvalue weighted by Crippen LogP contribution is -2.59. The summed E-state index contributed by atoms with van der Waals surface area (Å²) in [5, 5.41) is 0. The van der Waals surface area contributed by atoms with Crippen LogP contribution in [0.2, 0.25) is 0 Å². The molecule has 1 atom stereocenters. The van der Waals surface area contributed by atoms with E-state index in [2.05, 4.69) is 9.88 Å². The van der Waals surface area contributed by atoms with Gasteiger partial charge in [-0.3, -0.25) is 9.88 Å². The van der Waals surface area contributed by atoms with Gasteiger partial charge in [0.25, 0.3) is 0 Å². The van der Waals surface area contributed by atoms with Crippen molar-refractivity contribution < 1.29 is 17.9 Å². The number of rotatable bonds is 3. The summed E-state index contributed by atoms with van der Waals surface area (Å²) in [5.74, 6) is 0. The third kappa shape index (κ3) is 4.27. The third-order valence-electron chi connectivity index (χ3n) is 4.27. The molecule has 0 bridgehead atoms. The van der Waals surface area contributed by atoms with Gasteiger partial charge in [-0.2, -0.15) is 4.31 Å². The second-order valence-electron chi connectivity index (χ2n) is 6.25. The summed E-state index contributed by atoms with van der Waals surface area (Å²) in [6.45, 7) is 4.42. The highest BCUT2D eigenvalue weighted by Crippen LogP contribution is 2.24. The fraction of sp³-hybridized carbons (Fsp3) is 0.667. The Morgan fingerprint density at radius 3 is 2.74 bits per heavy atom. The van der Waals surface area contributed by atoms with Crippen LogP contribution in [-0.2, 0) is 26.0 Å². The van der Waals surface area contributed by atoms with Crippen LogP contribution >= 0.6 is 0 Å². The van der Waals surface area contributed by atoms with Gasteiger partial charge >= 0.3 is 0 Å². The second kappa shape index (κ2) is 6.82. The molecule has 0 aromatic carbocycles. The van der Waals surface area contributed by atoms with Crippen molar-refractivity contribution in [1.29, 1.82) is 0 Å². The normalized spacial score (nSPS) is 27.9. The van der Waals surface area contributed by atoms with E-state index in [-0.39, 0.29) is 0 Å². The molecule has 2 aliphatic heterocycles. The van der Waals surface area contributed by atoms with Gasteiger partial charge < -0.3 is 9.47 Å². The SMILES string of the molecule is CS(=O)(=O)N1CCO[C@]2(COCCN(Cc3ccncc3)C2)C1. The second-order valence-corrected chi connectivity index (χ2v) is 8.23. The first kappa shape index (κ1) is 16.8. The quantitative estimate of drug-likeness (QED) is 0.767. The van der Waals surface area contributed by atoms with Gasteiger partial charge in [-0.05, 0) is 17.7 Å². The molecule has 0 unspecified atom stereocenters. The summed E-state index contributed by atoms with van der Waals surface area (Å²) in [6.07, 6.45) is 4.81. The van der Waals surface area contributed by atoms with Gasteiger partial charge in [0, 0.05) is 45.1 Å². The number of hydrogen-bond donors (Lipinski definition) is 0. The minimum atomic E-state index is -3.22. The molecule has 23 heavy (non-hydrogen) atoms. The average molecular weight is 341 g/mol. The van der Waals surface area contributed by atoms with E-state index in [0.717, 1.165) is 13.1 Å². The molecule has 1 aromatic heterocycles. The van der Waals surface area contributed by atoms with Crippen molar-refractivity contribution >= 4 is 10.0 Å². The molecule has 3 heterocycles. The smallest absolute Gasteiger partial charge is 0.211 e. The molecule has 2 fully saturated rings. The molecular weight excluding hydrogens is 318 g/mol. The largest absolute Gasteiger partial charge is 0.377 e. The van der Waals surface area contributed by atoms with E-state index in [1.54, 1.807) is 12.4 Å². The number of hydrogen-bond acceptors (Lipinski definition) is 6. The topological polar surface area (TPSA) is 72.0 Å².